The first-order valence-electron chi connectivity index (χ1n) is 7.41. The zero-order chi connectivity index (χ0) is 13.0. The van der Waals surface area contributed by atoms with Crippen LogP contribution < -0.4 is 10.6 Å². The maximum atomic E-state index is 12.2. The number of amides is 1. The van der Waals surface area contributed by atoms with Crippen molar-refractivity contribution in [3.8, 4) is 0 Å². The summed E-state index contributed by atoms with van der Waals surface area (Å²) in [6.07, 6.45) is 4.59. The largest absolute Gasteiger partial charge is 0.353 e. The highest BCUT2D eigenvalue weighted by atomic mass is 35.5. The first-order valence-corrected chi connectivity index (χ1v) is 7.41. The summed E-state index contributed by atoms with van der Waals surface area (Å²) in [7, 11) is 0. The van der Waals surface area contributed by atoms with Gasteiger partial charge in [-0.3, -0.25) is 9.69 Å². The maximum absolute atomic E-state index is 12.2. The van der Waals surface area contributed by atoms with Crippen LogP contribution in [0.4, 0.5) is 0 Å². The van der Waals surface area contributed by atoms with Crippen molar-refractivity contribution in [2.75, 3.05) is 32.7 Å². The number of carbonyl (C=O) groups is 1. The molecule has 2 fully saturated rings. The van der Waals surface area contributed by atoms with Crippen molar-refractivity contribution in [2.24, 2.45) is 5.92 Å². The molecule has 112 valence electrons. The molecule has 2 saturated heterocycles. The van der Waals surface area contributed by atoms with E-state index in [1.165, 1.54) is 12.8 Å². The molecule has 2 unspecified atom stereocenters. The van der Waals surface area contributed by atoms with E-state index in [-0.39, 0.29) is 23.9 Å². The second-order valence-electron chi connectivity index (χ2n) is 5.94. The molecule has 2 heterocycles. The van der Waals surface area contributed by atoms with E-state index in [1.807, 2.05) is 0 Å². The monoisotopic (exact) mass is 289 g/mol. The highest BCUT2D eigenvalue weighted by molar-refractivity contribution is 5.86. The Labute approximate surface area is 123 Å². The summed E-state index contributed by atoms with van der Waals surface area (Å²) in [6.45, 7) is 9.41. The Hall–Kier alpha value is -0.320. The van der Waals surface area contributed by atoms with Gasteiger partial charge < -0.3 is 10.6 Å². The predicted molar refractivity (Wildman–Crippen MR) is 80.7 cm³/mol. The van der Waals surface area contributed by atoms with E-state index >= 15 is 0 Å². The molecule has 2 aliphatic rings. The highest BCUT2D eigenvalue weighted by Crippen LogP contribution is 2.26. The van der Waals surface area contributed by atoms with E-state index in [1.54, 1.807) is 0 Å². The first-order chi connectivity index (χ1) is 8.66. The van der Waals surface area contributed by atoms with Crippen LogP contribution in [0, 0.1) is 5.92 Å². The fraction of sp³-hybridized carbons (Fsp3) is 0.929. The third-order valence-corrected chi connectivity index (χ3v) is 4.47. The van der Waals surface area contributed by atoms with E-state index in [9.17, 15) is 4.79 Å². The van der Waals surface area contributed by atoms with Crippen molar-refractivity contribution in [3.05, 3.63) is 0 Å². The molecule has 0 aromatic heterocycles. The Morgan fingerprint density at radius 1 is 1.42 bits per heavy atom. The third kappa shape index (κ3) is 3.83. The lowest BCUT2D eigenvalue weighted by atomic mass is 9.88. The number of hydrogen-bond donors (Lipinski definition) is 2. The number of carbonyl (C=O) groups excluding carboxylic acids is 1. The molecule has 19 heavy (non-hydrogen) atoms. The Kier molecular flexibility index (Phi) is 6.57. The van der Waals surface area contributed by atoms with Gasteiger partial charge in [0, 0.05) is 19.6 Å². The fourth-order valence-corrected chi connectivity index (χ4v) is 3.33. The maximum Gasteiger partial charge on any atom is 0.240 e. The minimum Gasteiger partial charge on any atom is -0.353 e. The zero-order valence-electron chi connectivity index (χ0n) is 12.2. The van der Waals surface area contributed by atoms with Crippen LogP contribution in [-0.2, 0) is 4.79 Å². The van der Waals surface area contributed by atoms with Crippen LogP contribution in [0.1, 0.15) is 39.5 Å². The lowest BCUT2D eigenvalue weighted by Crippen LogP contribution is -2.64. The molecule has 1 amide bonds. The number of hydrogen-bond acceptors (Lipinski definition) is 3. The standard InChI is InChI=1S/C14H27N3O.ClH/c1-3-6-14(2)13(18)16-8-9-17(14)11-12-5-4-7-15-10-12;/h12,15H,3-11H2,1-2H3,(H,16,18);1H. The molecule has 0 aromatic rings. The summed E-state index contributed by atoms with van der Waals surface area (Å²) in [5, 5.41) is 6.50. The average molecular weight is 290 g/mol. The number of rotatable bonds is 4. The van der Waals surface area contributed by atoms with Gasteiger partial charge >= 0.3 is 0 Å². The molecule has 0 spiro atoms. The smallest absolute Gasteiger partial charge is 0.240 e. The summed E-state index contributed by atoms with van der Waals surface area (Å²) in [6, 6.07) is 0. The van der Waals surface area contributed by atoms with Gasteiger partial charge in [0.05, 0.1) is 5.54 Å². The Balaban J connectivity index is 0.00000180. The minimum atomic E-state index is -0.287. The van der Waals surface area contributed by atoms with E-state index in [0.29, 0.717) is 5.92 Å². The van der Waals surface area contributed by atoms with Gasteiger partial charge in [0.1, 0.15) is 0 Å². The molecular formula is C14H28ClN3O. The Bertz CT molecular complexity index is 294. The van der Waals surface area contributed by atoms with Gasteiger partial charge in [0.2, 0.25) is 5.91 Å². The summed E-state index contributed by atoms with van der Waals surface area (Å²) in [5.41, 5.74) is -0.287. The first kappa shape index (κ1) is 16.7. The topological polar surface area (TPSA) is 44.4 Å². The van der Waals surface area contributed by atoms with E-state index in [0.717, 1.165) is 45.6 Å². The molecule has 5 heteroatoms. The van der Waals surface area contributed by atoms with Gasteiger partial charge in [-0.05, 0) is 45.2 Å². The summed E-state index contributed by atoms with van der Waals surface area (Å²) >= 11 is 0. The lowest BCUT2D eigenvalue weighted by Gasteiger charge is -2.45. The van der Waals surface area contributed by atoms with Crippen LogP contribution in [-0.4, -0.2) is 49.1 Å². The predicted octanol–water partition coefficient (Wildman–Crippen LogP) is 1.40. The van der Waals surface area contributed by atoms with Crippen molar-refractivity contribution >= 4 is 18.3 Å². The number of piperidine rings is 1. The van der Waals surface area contributed by atoms with E-state index in [4.69, 9.17) is 0 Å². The summed E-state index contributed by atoms with van der Waals surface area (Å²) < 4.78 is 0. The summed E-state index contributed by atoms with van der Waals surface area (Å²) in [4.78, 5) is 14.6. The molecule has 2 aliphatic heterocycles. The van der Waals surface area contributed by atoms with Crippen LogP contribution in [0.25, 0.3) is 0 Å². The van der Waals surface area contributed by atoms with E-state index < -0.39 is 0 Å². The molecule has 0 saturated carbocycles. The van der Waals surface area contributed by atoms with Crippen molar-refractivity contribution in [2.45, 2.75) is 45.1 Å². The quantitative estimate of drug-likeness (QED) is 0.822. The van der Waals surface area contributed by atoms with Gasteiger partial charge in [-0.1, -0.05) is 13.3 Å². The number of halogens is 1. The lowest BCUT2D eigenvalue weighted by molar-refractivity contribution is -0.137. The van der Waals surface area contributed by atoms with Crippen LogP contribution in [0.15, 0.2) is 0 Å². The van der Waals surface area contributed by atoms with Gasteiger partial charge in [0.25, 0.3) is 0 Å². The van der Waals surface area contributed by atoms with Crippen LogP contribution in [0.2, 0.25) is 0 Å². The molecule has 2 atom stereocenters. The SMILES string of the molecule is CCCC1(C)C(=O)NCCN1CC1CCCNC1.Cl. The Morgan fingerprint density at radius 2 is 2.21 bits per heavy atom. The molecule has 0 aliphatic carbocycles. The number of nitrogens with zero attached hydrogens (tertiary/aromatic N) is 1. The molecule has 0 bridgehead atoms. The van der Waals surface area contributed by atoms with Crippen LogP contribution in [0.3, 0.4) is 0 Å². The van der Waals surface area contributed by atoms with Gasteiger partial charge in [-0.15, -0.1) is 12.4 Å². The van der Waals surface area contributed by atoms with E-state index in [2.05, 4.69) is 29.4 Å². The molecule has 4 nitrogen and oxygen atoms in total. The second kappa shape index (κ2) is 7.46. The van der Waals surface area contributed by atoms with Crippen molar-refractivity contribution in [3.63, 3.8) is 0 Å². The second-order valence-corrected chi connectivity index (χ2v) is 5.94. The third-order valence-electron chi connectivity index (χ3n) is 4.47. The normalized spacial score (nSPS) is 32.5. The van der Waals surface area contributed by atoms with Crippen LogP contribution >= 0.6 is 12.4 Å². The Morgan fingerprint density at radius 3 is 2.84 bits per heavy atom. The number of nitrogens with one attached hydrogen (secondary N) is 2. The van der Waals surface area contributed by atoms with Gasteiger partial charge in [0.15, 0.2) is 0 Å². The van der Waals surface area contributed by atoms with Crippen LogP contribution in [0.5, 0.6) is 0 Å². The number of piperazine rings is 1. The molecular weight excluding hydrogens is 262 g/mol. The van der Waals surface area contributed by atoms with Crippen molar-refractivity contribution in [1.29, 1.82) is 0 Å². The molecule has 0 aromatic carbocycles. The van der Waals surface area contributed by atoms with Crippen molar-refractivity contribution in [1.82, 2.24) is 15.5 Å². The van der Waals surface area contributed by atoms with Crippen molar-refractivity contribution < 1.29 is 4.79 Å². The fourth-order valence-electron chi connectivity index (χ4n) is 3.33. The molecule has 0 radical (unpaired) electrons. The molecule has 2 N–H and O–H groups in total. The summed E-state index contributed by atoms with van der Waals surface area (Å²) in [5.74, 6) is 0.931. The molecule has 2 rings (SSSR count). The minimum absolute atomic E-state index is 0. The highest BCUT2D eigenvalue weighted by Gasteiger charge is 2.41. The van der Waals surface area contributed by atoms with Gasteiger partial charge in [-0.25, -0.2) is 0 Å². The average Bonchev–Trinajstić information content (AvgIpc) is 2.37. The van der Waals surface area contributed by atoms with Gasteiger partial charge in [-0.2, -0.15) is 0 Å². The zero-order valence-corrected chi connectivity index (χ0v) is 13.0.